The minimum absolute atomic E-state index is 0.0531. The predicted octanol–water partition coefficient (Wildman–Crippen LogP) is 2.72. The maximum absolute atomic E-state index is 12.4. The topological polar surface area (TPSA) is 85.1 Å². The van der Waals surface area contributed by atoms with Gasteiger partial charge < -0.3 is 10.6 Å². The molecule has 1 aliphatic carbocycles. The van der Waals surface area contributed by atoms with Crippen molar-refractivity contribution in [3.05, 3.63) is 59.0 Å². The first kappa shape index (κ1) is 18.0. The monoisotopic (exact) mass is 378 g/mol. The molecule has 0 saturated heterocycles. The number of nitrogens with one attached hydrogen (secondary N) is 2. The highest BCUT2D eigenvalue weighted by Gasteiger charge is 2.29. The number of nitrogens with zero attached hydrogens (tertiary/aromatic N) is 2. The van der Waals surface area contributed by atoms with E-state index in [9.17, 15) is 14.4 Å². The molecule has 2 N–H and O–H groups in total. The number of aromatic nitrogens is 2. The second-order valence-electron chi connectivity index (χ2n) is 7.12. The third-order valence-electron chi connectivity index (χ3n) is 5.00. The largest absolute Gasteiger partial charge is 0.328 e. The van der Waals surface area contributed by atoms with Gasteiger partial charge in [-0.15, -0.1) is 0 Å². The van der Waals surface area contributed by atoms with Crippen LogP contribution in [0, 0.1) is 5.92 Å². The average Bonchev–Trinajstić information content (AvgIpc) is 3.51. The Hall–Kier alpha value is -3.35. The lowest BCUT2D eigenvalue weighted by Crippen LogP contribution is -2.24. The minimum atomic E-state index is -0.172. The maximum Gasteiger partial charge on any atom is 0.328 e. The highest BCUT2D eigenvalue weighted by molar-refractivity contribution is 5.95. The summed E-state index contributed by atoms with van der Waals surface area (Å²) in [5.74, 6) is 0.0313. The molecule has 3 aromatic rings. The van der Waals surface area contributed by atoms with Gasteiger partial charge in [0.1, 0.15) is 0 Å². The molecule has 1 saturated carbocycles. The van der Waals surface area contributed by atoms with Gasteiger partial charge in [-0.25, -0.2) is 4.79 Å². The van der Waals surface area contributed by atoms with Crippen molar-refractivity contribution in [2.24, 2.45) is 13.0 Å². The van der Waals surface area contributed by atoms with Crippen molar-refractivity contribution in [2.45, 2.75) is 25.8 Å². The van der Waals surface area contributed by atoms with E-state index in [2.05, 4.69) is 10.6 Å². The lowest BCUT2D eigenvalue weighted by Gasteiger charge is -2.08. The fourth-order valence-corrected chi connectivity index (χ4v) is 3.24. The average molecular weight is 378 g/mol. The van der Waals surface area contributed by atoms with E-state index in [1.165, 1.54) is 0 Å². The highest BCUT2D eigenvalue weighted by Crippen LogP contribution is 2.30. The molecule has 0 radical (unpaired) electrons. The lowest BCUT2D eigenvalue weighted by molar-refractivity contribution is -0.117. The summed E-state index contributed by atoms with van der Waals surface area (Å²) in [6.07, 6.45) is 2.10. The second-order valence-corrected chi connectivity index (χ2v) is 7.12. The number of para-hydroxylation sites is 2. The van der Waals surface area contributed by atoms with Crippen LogP contribution in [-0.2, 0) is 23.2 Å². The van der Waals surface area contributed by atoms with Crippen LogP contribution in [0.15, 0.2) is 53.3 Å². The van der Waals surface area contributed by atoms with Gasteiger partial charge in [-0.3, -0.25) is 18.7 Å². The maximum atomic E-state index is 12.4. The molecule has 1 fully saturated rings. The van der Waals surface area contributed by atoms with E-state index in [1.807, 2.05) is 24.3 Å². The molecule has 7 heteroatoms. The summed E-state index contributed by atoms with van der Waals surface area (Å²) in [4.78, 5) is 36.5. The first-order valence-corrected chi connectivity index (χ1v) is 9.38. The minimum Gasteiger partial charge on any atom is -0.326 e. The zero-order valence-corrected chi connectivity index (χ0v) is 15.6. The fourth-order valence-electron chi connectivity index (χ4n) is 3.24. The van der Waals surface area contributed by atoms with Gasteiger partial charge in [0, 0.05) is 37.3 Å². The van der Waals surface area contributed by atoms with E-state index in [-0.39, 0.29) is 29.8 Å². The van der Waals surface area contributed by atoms with Crippen molar-refractivity contribution in [3.8, 4) is 0 Å². The highest BCUT2D eigenvalue weighted by atomic mass is 16.2. The van der Waals surface area contributed by atoms with E-state index in [4.69, 9.17) is 0 Å². The molecule has 7 nitrogen and oxygen atoms in total. The van der Waals surface area contributed by atoms with Crippen molar-refractivity contribution in [3.63, 3.8) is 0 Å². The Morgan fingerprint density at radius 1 is 0.964 bits per heavy atom. The summed E-state index contributed by atoms with van der Waals surface area (Å²) < 4.78 is 3.20. The van der Waals surface area contributed by atoms with Gasteiger partial charge in [0.2, 0.25) is 11.8 Å². The molecule has 0 aliphatic heterocycles. The van der Waals surface area contributed by atoms with Crippen LogP contribution in [0.1, 0.15) is 19.3 Å². The summed E-state index contributed by atoms with van der Waals surface area (Å²) in [6.45, 7) is 0.307. The smallest absolute Gasteiger partial charge is 0.326 e. The molecule has 0 atom stereocenters. The molecule has 0 unspecified atom stereocenters. The Bertz CT molecular complexity index is 1090. The van der Waals surface area contributed by atoms with Crippen LogP contribution in [0.4, 0.5) is 11.4 Å². The Morgan fingerprint density at radius 2 is 1.57 bits per heavy atom. The third-order valence-corrected chi connectivity index (χ3v) is 5.00. The van der Waals surface area contributed by atoms with Crippen LogP contribution in [0.5, 0.6) is 0 Å². The number of benzene rings is 2. The Labute approximate surface area is 162 Å². The number of carbonyl (C=O) groups excluding carboxylic acids is 2. The van der Waals surface area contributed by atoms with Gasteiger partial charge in [-0.05, 0) is 49.2 Å². The van der Waals surface area contributed by atoms with Crippen molar-refractivity contribution in [1.29, 1.82) is 0 Å². The number of imidazole rings is 1. The molecule has 2 amide bonds. The van der Waals surface area contributed by atoms with Crippen molar-refractivity contribution >= 4 is 34.2 Å². The van der Waals surface area contributed by atoms with Crippen LogP contribution < -0.4 is 16.3 Å². The normalized spacial score (nSPS) is 13.5. The summed E-state index contributed by atoms with van der Waals surface area (Å²) in [6, 6.07) is 14.6. The SMILES string of the molecule is Cn1c(=O)n(CCC(=O)Nc2ccc(NC(=O)C3CC3)cc2)c2ccccc21. The third kappa shape index (κ3) is 3.69. The Kier molecular flexibility index (Phi) is 4.73. The summed E-state index contributed by atoms with van der Waals surface area (Å²) >= 11 is 0. The number of rotatable bonds is 6. The molecular weight excluding hydrogens is 356 g/mol. The molecule has 4 rings (SSSR count). The van der Waals surface area contributed by atoms with Crippen molar-refractivity contribution < 1.29 is 9.59 Å². The summed E-state index contributed by atoms with van der Waals surface area (Å²) in [5, 5.41) is 5.69. The Morgan fingerprint density at radius 3 is 2.21 bits per heavy atom. The number of aryl methyl sites for hydroxylation is 2. The first-order valence-electron chi connectivity index (χ1n) is 9.38. The van der Waals surface area contributed by atoms with Crippen molar-refractivity contribution in [2.75, 3.05) is 10.6 Å². The molecule has 1 aliphatic rings. The number of amides is 2. The second kappa shape index (κ2) is 7.34. The molecule has 1 aromatic heterocycles. The molecule has 0 bridgehead atoms. The van der Waals surface area contributed by atoms with Gasteiger partial charge >= 0.3 is 5.69 Å². The van der Waals surface area contributed by atoms with Crippen LogP contribution in [-0.4, -0.2) is 20.9 Å². The number of carbonyl (C=O) groups is 2. The Balaban J connectivity index is 1.36. The predicted molar refractivity (Wildman–Crippen MR) is 108 cm³/mol. The van der Waals surface area contributed by atoms with Gasteiger partial charge in [0.05, 0.1) is 11.0 Å². The molecule has 0 spiro atoms. The standard InChI is InChI=1S/C21H22N4O3/c1-24-17-4-2-3-5-18(17)25(21(24)28)13-12-19(26)22-15-8-10-16(11-9-15)23-20(27)14-6-7-14/h2-5,8-11,14H,6-7,12-13H2,1H3,(H,22,26)(H,23,27). The van der Waals surface area contributed by atoms with E-state index in [1.54, 1.807) is 40.4 Å². The summed E-state index contributed by atoms with van der Waals surface area (Å²) in [5.41, 5.74) is 2.90. The van der Waals surface area contributed by atoms with Crippen LogP contribution in [0.2, 0.25) is 0 Å². The summed E-state index contributed by atoms with van der Waals surface area (Å²) in [7, 11) is 1.73. The number of fused-ring (bicyclic) bond motifs is 1. The van der Waals surface area contributed by atoms with Crippen LogP contribution >= 0.6 is 0 Å². The fraction of sp³-hybridized carbons (Fsp3) is 0.286. The zero-order valence-electron chi connectivity index (χ0n) is 15.6. The molecule has 2 aromatic carbocycles. The van der Waals surface area contributed by atoms with Crippen LogP contribution in [0.3, 0.4) is 0 Å². The van der Waals surface area contributed by atoms with E-state index < -0.39 is 0 Å². The lowest BCUT2D eigenvalue weighted by atomic mass is 10.2. The zero-order chi connectivity index (χ0) is 19.7. The molecular formula is C21H22N4O3. The van der Waals surface area contributed by atoms with E-state index >= 15 is 0 Å². The first-order chi connectivity index (χ1) is 13.5. The van der Waals surface area contributed by atoms with Gasteiger partial charge in [-0.2, -0.15) is 0 Å². The van der Waals surface area contributed by atoms with Gasteiger partial charge in [-0.1, -0.05) is 12.1 Å². The van der Waals surface area contributed by atoms with Crippen molar-refractivity contribution in [1.82, 2.24) is 9.13 Å². The van der Waals surface area contributed by atoms with Crippen LogP contribution in [0.25, 0.3) is 11.0 Å². The quantitative estimate of drug-likeness (QED) is 0.692. The van der Waals surface area contributed by atoms with E-state index in [0.717, 1.165) is 29.6 Å². The molecule has 1 heterocycles. The molecule has 144 valence electrons. The number of hydrogen-bond donors (Lipinski definition) is 2. The van der Waals surface area contributed by atoms with Gasteiger partial charge in [0.15, 0.2) is 0 Å². The van der Waals surface area contributed by atoms with E-state index in [0.29, 0.717) is 12.2 Å². The number of anilines is 2. The number of hydrogen-bond acceptors (Lipinski definition) is 3. The van der Waals surface area contributed by atoms with Gasteiger partial charge in [0.25, 0.3) is 0 Å². The molecule has 28 heavy (non-hydrogen) atoms.